The topological polar surface area (TPSA) is 86.7 Å². The van der Waals surface area contributed by atoms with E-state index < -0.39 is 5.54 Å². The second-order valence-electron chi connectivity index (χ2n) is 3.49. The van der Waals surface area contributed by atoms with Crippen LogP contribution in [0.4, 0.5) is 0 Å². The summed E-state index contributed by atoms with van der Waals surface area (Å²) >= 11 is 0. The van der Waals surface area contributed by atoms with Gasteiger partial charge in [0.25, 0.3) is 0 Å². The van der Waals surface area contributed by atoms with E-state index in [1.165, 1.54) is 0 Å². The molecule has 0 aromatic rings. The fourth-order valence-electron chi connectivity index (χ4n) is 1.46. The molecule has 0 spiro atoms. The third-order valence-electron chi connectivity index (χ3n) is 2.28. The van der Waals surface area contributed by atoms with E-state index in [2.05, 4.69) is 0 Å². The van der Waals surface area contributed by atoms with Crippen LogP contribution in [0.5, 0.6) is 0 Å². The maximum absolute atomic E-state index is 8.80. The van der Waals surface area contributed by atoms with Gasteiger partial charge in [0.1, 0.15) is 0 Å². The molecule has 0 unspecified atom stereocenters. The first-order valence-electron chi connectivity index (χ1n) is 4.80. The van der Waals surface area contributed by atoms with Crippen LogP contribution in [0.15, 0.2) is 0 Å². The quantitative estimate of drug-likeness (QED) is 0.421. The molecule has 0 heterocycles. The Morgan fingerprint density at radius 1 is 0.769 bits per heavy atom. The third-order valence-corrected chi connectivity index (χ3v) is 2.28. The summed E-state index contributed by atoms with van der Waals surface area (Å²) in [6.45, 7) is 0.320. The Morgan fingerprint density at radius 2 is 1.23 bits per heavy atom. The Labute approximate surface area is 79.4 Å². The van der Waals surface area contributed by atoms with Gasteiger partial charge >= 0.3 is 0 Å². The zero-order chi connectivity index (χ0) is 10.2. The monoisotopic (exact) mass is 191 g/mol. The molecule has 0 amide bonds. The lowest BCUT2D eigenvalue weighted by molar-refractivity contribution is 0.190. The zero-order valence-corrected chi connectivity index (χ0v) is 8.08. The van der Waals surface area contributed by atoms with Crippen molar-refractivity contribution in [2.45, 2.75) is 37.6 Å². The van der Waals surface area contributed by atoms with Crippen LogP contribution >= 0.6 is 0 Å². The van der Waals surface area contributed by atoms with Gasteiger partial charge in [0.15, 0.2) is 0 Å². The summed E-state index contributed by atoms with van der Waals surface area (Å²) in [7, 11) is 0. The van der Waals surface area contributed by atoms with Crippen molar-refractivity contribution in [1.29, 1.82) is 0 Å². The molecule has 0 aliphatic carbocycles. The van der Waals surface area contributed by atoms with Gasteiger partial charge in [0.05, 0.1) is 0 Å². The van der Waals surface area contributed by atoms with E-state index in [9.17, 15) is 0 Å². The first kappa shape index (κ1) is 12.8. The van der Waals surface area contributed by atoms with Gasteiger partial charge < -0.3 is 21.1 Å². The van der Waals surface area contributed by atoms with Crippen LogP contribution in [0, 0.1) is 0 Å². The number of nitrogens with two attached hydrogens (primary N) is 1. The lowest BCUT2D eigenvalue weighted by atomic mass is 9.86. The second-order valence-corrected chi connectivity index (χ2v) is 3.49. The highest BCUT2D eigenvalue weighted by Gasteiger charge is 2.22. The molecule has 0 rings (SSSR count). The standard InChI is InChI=1S/C9H21NO3/c10-9(5-8-13,3-1-6-11)4-2-7-12/h11-13H,1-8,10H2. The van der Waals surface area contributed by atoms with Crippen LogP contribution in [-0.4, -0.2) is 40.7 Å². The molecule has 13 heavy (non-hydrogen) atoms. The van der Waals surface area contributed by atoms with Crippen LogP contribution in [0.3, 0.4) is 0 Å². The molecule has 4 heteroatoms. The number of hydrogen-bond donors (Lipinski definition) is 4. The molecular formula is C9H21NO3. The minimum absolute atomic E-state index is 0.0629. The normalized spacial score (nSPS) is 12.0. The van der Waals surface area contributed by atoms with Gasteiger partial charge in [-0.25, -0.2) is 0 Å². The molecule has 0 aromatic heterocycles. The van der Waals surface area contributed by atoms with Crippen molar-refractivity contribution in [3.8, 4) is 0 Å². The van der Waals surface area contributed by atoms with E-state index in [-0.39, 0.29) is 19.8 Å². The van der Waals surface area contributed by atoms with Crippen LogP contribution in [0.1, 0.15) is 32.1 Å². The van der Waals surface area contributed by atoms with E-state index in [0.29, 0.717) is 32.1 Å². The summed E-state index contributed by atoms with van der Waals surface area (Å²) in [6.07, 6.45) is 3.24. The highest BCUT2D eigenvalue weighted by molar-refractivity contribution is 4.83. The molecule has 0 aliphatic heterocycles. The Bertz CT molecular complexity index is 111. The summed E-state index contributed by atoms with van der Waals surface area (Å²) in [5.74, 6) is 0. The first-order valence-corrected chi connectivity index (χ1v) is 4.80. The summed E-state index contributed by atoms with van der Waals surface area (Å²) in [5.41, 5.74) is 5.58. The van der Waals surface area contributed by atoms with Crippen molar-refractivity contribution in [1.82, 2.24) is 0 Å². The lowest BCUT2D eigenvalue weighted by Crippen LogP contribution is -2.41. The van der Waals surface area contributed by atoms with E-state index in [4.69, 9.17) is 21.1 Å². The van der Waals surface area contributed by atoms with E-state index in [0.717, 1.165) is 0 Å². The number of hydrogen-bond acceptors (Lipinski definition) is 4. The van der Waals surface area contributed by atoms with Gasteiger partial charge in [0, 0.05) is 25.4 Å². The molecule has 80 valence electrons. The molecule has 0 radical (unpaired) electrons. The smallest absolute Gasteiger partial charge is 0.0448 e. The van der Waals surface area contributed by atoms with Crippen molar-refractivity contribution in [2.24, 2.45) is 5.73 Å². The fraction of sp³-hybridized carbons (Fsp3) is 1.00. The van der Waals surface area contributed by atoms with Gasteiger partial charge in [-0.1, -0.05) is 0 Å². The van der Waals surface area contributed by atoms with E-state index in [1.807, 2.05) is 0 Å². The van der Waals surface area contributed by atoms with Crippen molar-refractivity contribution < 1.29 is 15.3 Å². The van der Waals surface area contributed by atoms with E-state index >= 15 is 0 Å². The Hall–Kier alpha value is -0.160. The highest BCUT2D eigenvalue weighted by Crippen LogP contribution is 2.19. The Balaban J connectivity index is 3.84. The molecule has 0 fully saturated rings. The van der Waals surface area contributed by atoms with Crippen LogP contribution in [-0.2, 0) is 0 Å². The van der Waals surface area contributed by atoms with Gasteiger partial charge in [-0.15, -0.1) is 0 Å². The Morgan fingerprint density at radius 3 is 1.54 bits per heavy atom. The van der Waals surface area contributed by atoms with Gasteiger partial charge in [-0.3, -0.25) is 0 Å². The Kier molecular flexibility index (Phi) is 7.17. The second kappa shape index (κ2) is 7.26. The minimum atomic E-state index is -0.416. The predicted octanol–water partition coefficient (Wildman–Crippen LogP) is -0.389. The SMILES string of the molecule is NC(CCO)(CCCO)CCCO. The third kappa shape index (κ3) is 5.99. The van der Waals surface area contributed by atoms with Gasteiger partial charge in [-0.05, 0) is 32.1 Å². The molecule has 0 saturated carbocycles. The van der Waals surface area contributed by atoms with E-state index in [1.54, 1.807) is 0 Å². The lowest BCUT2D eigenvalue weighted by Gasteiger charge is -2.28. The van der Waals surface area contributed by atoms with Gasteiger partial charge in [-0.2, -0.15) is 0 Å². The van der Waals surface area contributed by atoms with Crippen LogP contribution < -0.4 is 5.73 Å². The van der Waals surface area contributed by atoms with Crippen LogP contribution in [0.2, 0.25) is 0 Å². The molecule has 0 aromatic carbocycles. The molecule has 5 N–H and O–H groups in total. The van der Waals surface area contributed by atoms with Crippen molar-refractivity contribution in [2.75, 3.05) is 19.8 Å². The average molecular weight is 191 g/mol. The average Bonchev–Trinajstić information content (AvgIpc) is 2.12. The summed E-state index contributed by atoms with van der Waals surface area (Å²) in [4.78, 5) is 0. The predicted molar refractivity (Wildman–Crippen MR) is 51.3 cm³/mol. The number of aliphatic hydroxyl groups excluding tert-OH is 3. The van der Waals surface area contributed by atoms with Crippen molar-refractivity contribution in [3.63, 3.8) is 0 Å². The summed E-state index contributed by atoms with van der Waals surface area (Å²) in [5, 5.41) is 26.1. The number of rotatable bonds is 8. The zero-order valence-electron chi connectivity index (χ0n) is 8.08. The largest absolute Gasteiger partial charge is 0.396 e. The fourth-order valence-corrected chi connectivity index (χ4v) is 1.46. The molecule has 0 aliphatic rings. The first-order chi connectivity index (χ1) is 6.18. The number of aliphatic hydroxyl groups is 3. The maximum Gasteiger partial charge on any atom is 0.0448 e. The van der Waals surface area contributed by atoms with Crippen molar-refractivity contribution in [3.05, 3.63) is 0 Å². The maximum atomic E-state index is 8.80. The van der Waals surface area contributed by atoms with Crippen LogP contribution in [0.25, 0.3) is 0 Å². The van der Waals surface area contributed by atoms with Gasteiger partial charge in [0.2, 0.25) is 0 Å². The molecule has 0 bridgehead atoms. The van der Waals surface area contributed by atoms with Crippen molar-refractivity contribution >= 4 is 0 Å². The molecule has 0 saturated heterocycles. The summed E-state index contributed by atoms with van der Waals surface area (Å²) < 4.78 is 0. The summed E-state index contributed by atoms with van der Waals surface area (Å²) in [6, 6.07) is 0. The minimum Gasteiger partial charge on any atom is -0.396 e. The molecule has 0 atom stereocenters. The molecule has 4 nitrogen and oxygen atoms in total. The molecular weight excluding hydrogens is 170 g/mol. The highest BCUT2D eigenvalue weighted by atomic mass is 16.3.